The smallest absolute Gasteiger partial charge is 0.336 e. The third-order valence-corrected chi connectivity index (χ3v) is 14.1. The Morgan fingerprint density at radius 1 is 0.867 bits per heavy atom. The number of nitrogens with zero attached hydrogens (tertiary/aromatic N) is 2. The molecule has 1 atom stereocenters. The number of benzene rings is 3. The molecule has 1 saturated heterocycles. The summed E-state index contributed by atoms with van der Waals surface area (Å²) in [5.41, 5.74) is 2.15. The highest BCUT2D eigenvalue weighted by molar-refractivity contribution is 7.02. The largest absolute Gasteiger partial charge is 0.466 e. The third-order valence-electron chi connectivity index (χ3n) is 9.04. The van der Waals surface area contributed by atoms with Gasteiger partial charge in [0.25, 0.3) is 5.69 Å². The Bertz CT molecular complexity index is 1560. The lowest BCUT2D eigenvalue weighted by molar-refractivity contribution is -0.384. The maximum Gasteiger partial charge on any atom is 0.336 e. The number of hydrogen-bond donors (Lipinski definition) is 1. The van der Waals surface area contributed by atoms with E-state index in [1.807, 2.05) is 0 Å². The molecule has 45 heavy (non-hydrogen) atoms. The molecule has 1 unspecified atom stereocenters. The molecule has 0 amide bonds. The monoisotopic (exact) mass is 625 g/mol. The van der Waals surface area contributed by atoms with E-state index in [9.17, 15) is 19.7 Å². The number of nitro groups is 1. The highest BCUT2D eigenvalue weighted by atomic mass is 28.3. The van der Waals surface area contributed by atoms with Gasteiger partial charge in [-0.3, -0.25) is 10.1 Å². The van der Waals surface area contributed by atoms with E-state index in [1.165, 1.54) is 29.6 Å². The molecular formula is C35H39N3O6Si. The van der Waals surface area contributed by atoms with Crippen LogP contribution in [0.1, 0.15) is 31.7 Å². The van der Waals surface area contributed by atoms with Crippen molar-refractivity contribution in [2.24, 2.45) is 0 Å². The Morgan fingerprint density at radius 3 is 1.91 bits per heavy atom. The summed E-state index contributed by atoms with van der Waals surface area (Å²) in [7, 11) is -0.583. The number of hydrogen-bond acceptors (Lipinski definition) is 8. The van der Waals surface area contributed by atoms with Gasteiger partial charge >= 0.3 is 11.9 Å². The zero-order chi connectivity index (χ0) is 32.0. The van der Waals surface area contributed by atoms with Crippen molar-refractivity contribution in [2.45, 2.75) is 38.3 Å². The molecular weight excluding hydrogens is 586 g/mol. The minimum absolute atomic E-state index is 0.0806. The van der Waals surface area contributed by atoms with E-state index in [1.54, 1.807) is 26.0 Å². The van der Waals surface area contributed by atoms with Crippen molar-refractivity contribution in [3.8, 4) is 0 Å². The molecule has 234 valence electrons. The number of esters is 2. The van der Waals surface area contributed by atoms with Crippen molar-refractivity contribution in [3.63, 3.8) is 0 Å². The number of rotatable bonds is 10. The Balaban J connectivity index is 1.24. The number of ether oxygens (including phenoxy) is 2. The first kappa shape index (κ1) is 31.9. The number of carbonyl (C=O) groups is 2. The van der Waals surface area contributed by atoms with Crippen LogP contribution in [-0.4, -0.2) is 63.2 Å². The molecule has 1 N–H and O–H groups in total. The molecule has 5 rings (SSSR count). The summed E-state index contributed by atoms with van der Waals surface area (Å²) in [4.78, 5) is 39.6. The quantitative estimate of drug-likeness (QED) is 0.115. The highest BCUT2D eigenvalue weighted by Crippen LogP contribution is 2.39. The lowest BCUT2D eigenvalue weighted by Crippen LogP contribution is -2.63. The van der Waals surface area contributed by atoms with E-state index in [2.05, 4.69) is 70.9 Å². The Kier molecular flexibility index (Phi) is 9.95. The van der Waals surface area contributed by atoms with Gasteiger partial charge in [0.2, 0.25) is 0 Å². The molecule has 0 aliphatic carbocycles. The van der Waals surface area contributed by atoms with E-state index in [-0.39, 0.29) is 23.4 Å². The summed E-state index contributed by atoms with van der Waals surface area (Å²) < 4.78 is 10.8. The van der Waals surface area contributed by atoms with Gasteiger partial charge < -0.3 is 19.7 Å². The summed E-state index contributed by atoms with van der Waals surface area (Å²) in [6, 6.07) is 30.0. The minimum Gasteiger partial charge on any atom is -0.466 e. The second-order valence-electron chi connectivity index (χ2n) is 11.6. The van der Waals surface area contributed by atoms with Gasteiger partial charge in [0.1, 0.15) is 8.07 Å². The van der Waals surface area contributed by atoms with Gasteiger partial charge in [0.05, 0.1) is 35.7 Å². The number of carbonyl (C=O) groups excluding carboxylic acids is 2. The van der Waals surface area contributed by atoms with Crippen LogP contribution in [0.3, 0.4) is 0 Å². The second-order valence-corrected chi connectivity index (χ2v) is 15.9. The van der Waals surface area contributed by atoms with Crippen molar-refractivity contribution < 1.29 is 24.0 Å². The van der Waals surface area contributed by atoms with E-state index >= 15 is 0 Å². The number of nitrogens with one attached hydrogen (secondary N) is 1. The molecule has 3 aromatic carbocycles. The molecule has 9 nitrogen and oxygen atoms in total. The Morgan fingerprint density at radius 2 is 1.40 bits per heavy atom. The molecule has 0 radical (unpaired) electrons. The van der Waals surface area contributed by atoms with Crippen LogP contribution >= 0.6 is 0 Å². The van der Waals surface area contributed by atoms with Crippen LogP contribution < -0.4 is 15.7 Å². The van der Waals surface area contributed by atoms with E-state index in [0.717, 1.165) is 31.7 Å². The van der Waals surface area contributed by atoms with E-state index in [4.69, 9.17) is 9.47 Å². The molecule has 10 heteroatoms. The average molecular weight is 626 g/mol. The van der Waals surface area contributed by atoms with Gasteiger partial charge in [0, 0.05) is 30.1 Å². The first-order chi connectivity index (χ1) is 21.7. The molecule has 0 saturated carbocycles. The lowest BCUT2D eigenvalue weighted by Gasteiger charge is -2.41. The number of allylic oxidation sites excluding steroid dienone is 2. The SMILES string of the molecule is COC(=O)C1=C(C)NC(C)=C(C(=O)OCCCN2CC[Si](c3ccccc3)(c3ccccc3)CC2)C1c1ccc([N+](=O)[O-])cc1. The predicted molar refractivity (Wildman–Crippen MR) is 176 cm³/mol. The third kappa shape index (κ3) is 6.77. The predicted octanol–water partition coefficient (Wildman–Crippen LogP) is 4.51. The van der Waals surface area contributed by atoms with E-state index < -0.39 is 30.9 Å². The van der Waals surface area contributed by atoms with Gasteiger partial charge in [-0.1, -0.05) is 83.2 Å². The van der Waals surface area contributed by atoms with E-state index in [0.29, 0.717) is 23.4 Å². The zero-order valence-electron chi connectivity index (χ0n) is 26.0. The fourth-order valence-electron chi connectivity index (χ4n) is 6.71. The van der Waals surface area contributed by atoms with Crippen LogP contribution in [0.15, 0.2) is 107 Å². The van der Waals surface area contributed by atoms with Crippen LogP contribution in [0.2, 0.25) is 12.1 Å². The first-order valence-corrected chi connectivity index (χ1v) is 17.7. The topological polar surface area (TPSA) is 111 Å². The summed E-state index contributed by atoms with van der Waals surface area (Å²) in [5.74, 6) is -1.91. The summed E-state index contributed by atoms with van der Waals surface area (Å²) in [6.45, 7) is 6.53. The maximum atomic E-state index is 13.6. The first-order valence-electron chi connectivity index (χ1n) is 15.3. The van der Waals surface area contributed by atoms with Crippen LogP contribution in [0.4, 0.5) is 5.69 Å². The average Bonchev–Trinajstić information content (AvgIpc) is 3.07. The van der Waals surface area contributed by atoms with Crippen molar-refractivity contribution >= 4 is 36.1 Å². The molecule has 0 aromatic heterocycles. The Labute approximate surface area is 264 Å². The van der Waals surface area contributed by atoms with Crippen LogP contribution in [0, 0.1) is 10.1 Å². The molecule has 0 spiro atoms. The van der Waals surface area contributed by atoms with Gasteiger partial charge in [0.15, 0.2) is 0 Å². The van der Waals surface area contributed by atoms with Crippen molar-refractivity contribution in [2.75, 3.05) is 33.4 Å². The zero-order valence-corrected chi connectivity index (χ0v) is 27.0. The van der Waals surface area contributed by atoms with Gasteiger partial charge in [-0.25, -0.2) is 9.59 Å². The molecule has 0 bridgehead atoms. The van der Waals surface area contributed by atoms with Crippen LogP contribution in [0.5, 0.6) is 0 Å². The van der Waals surface area contributed by atoms with Crippen LogP contribution in [-0.2, 0) is 19.1 Å². The van der Waals surface area contributed by atoms with Crippen LogP contribution in [0.25, 0.3) is 0 Å². The fraction of sp³-hybridized carbons (Fsp3) is 0.314. The van der Waals surface area contributed by atoms with Gasteiger partial charge in [-0.2, -0.15) is 0 Å². The number of nitro benzene ring substituents is 1. The minimum atomic E-state index is -1.87. The summed E-state index contributed by atoms with van der Waals surface area (Å²) >= 11 is 0. The summed E-state index contributed by atoms with van der Waals surface area (Å²) in [6.07, 6.45) is 0.678. The fourth-order valence-corrected chi connectivity index (χ4v) is 11.5. The molecule has 1 fully saturated rings. The van der Waals surface area contributed by atoms with Crippen molar-refractivity contribution in [1.82, 2.24) is 10.2 Å². The molecule has 2 aliphatic heterocycles. The highest BCUT2D eigenvalue weighted by Gasteiger charge is 2.40. The number of non-ortho nitro benzene ring substituents is 1. The van der Waals surface area contributed by atoms with Gasteiger partial charge in [-0.05, 0) is 51.0 Å². The molecule has 3 aromatic rings. The van der Waals surface area contributed by atoms with Gasteiger partial charge in [-0.15, -0.1) is 0 Å². The standard InChI is InChI=1S/C35H39N3O6Si/c1-25-31(34(39)43-3)33(27-15-17-28(18-16-27)38(41)42)32(26(2)36-25)35(40)44-22-10-19-37-20-23-45(24-21-37,29-11-6-4-7-12-29)30-13-8-5-9-14-30/h4-9,11-18,33,36H,10,19-24H2,1-3H3. The lowest BCUT2D eigenvalue weighted by atomic mass is 9.80. The number of dihydropyridines is 1. The summed E-state index contributed by atoms with van der Waals surface area (Å²) in [5, 5.41) is 17.3. The Hall–Kier alpha value is -4.54. The second kappa shape index (κ2) is 14.0. The van der Waals surface area contributed by atoms with Crippen molar-refractivity contribution in [3.05, 3.63) is 123 Å². The molecule has 2 aliphatic rings. The number of methoxy groups -OCH3 is 1. The molecule has 2 heterocycles. The normalized spacial score (nSPS) is 18.2. The van der Waals surface area contributed by atoms with Crippen molar-refractivity contribution in [1.29, 1.82) is 0 Å². The maximum absolute atomic E-state index is 13.6.